The SMILES string of the molecule is O=C(c1cccc([N+](=O)[O-])c1)N1CCC(Cc2ccccc2)CC1. The van der Waals surface area contributed by atoms with E-state index < -0.39 is 4.92 Å². The monoisotopic (exact) mass is 324 g/mol. The molecule has 0 aromatic heterocycles. The number of amides is 1. The molecule has 1 saturated heterocycles. The van der Waals surface area contributed by atoms with Crippen LogP contribution in [-0.2, 0) is 6.42 Å². The second-order valence-corrected chi connectivity index (χ2v) is 6.23. The zero-order valence-corrected chi connectivity index (χ0v) is 13.4. The topological polar surface area (TPSA) is 63.4 Å². The molecule has 2 aromatic carbocycles. The Morgan fingerprint density at radius 1 is 1.08 bits per heavy atom. The van der Waals surface area contributed by atoms with Gasteiger partial charge in [-0.25, -0.2) is 0 Å². The molecule has 124 valence electrons. The maximum atomic E-state index is 12.5. The molecule has 1 fully saturated rings. The molecule has 0 aliphatic carbocycles. The molecule has 0 bridgehead atoms. The summed E-state index contributed by atoms with van der Waals surface area (Å²) in [6.07, 6.45) is 2.98. The Balaban J connectivity index is 1.59. The molecule has 0 N–H and O–H groups in total. The number of piperidine rings is 1. The van der Waals surface area contributed by atoms with Crippen LogP contribution in [0.25, 0.3) is 0 Å². The van der Waals surface area contributed by atoms with Crippen molar-refractivity contribution in [2.24, 2.45) is 5.92 Å². The summed E-state index contributed by atoms with van der Waals surface area (Å²) in [5, 5.41) is 10.8. The lowest BCUT2D eigenvalue weighted by atomic mass is 9.90. The highest BCUT2D eigenvalue weighted by molar-refractivity contribution is 5.94. The predicted octanol–water partition coefficient (Wildman–Crippen LogP) is 3.69. The zero-order chi connectivity index (χ0) is 16.9. The third-order valence-corrected chi connectivity index (χ3v) is 4.57. The lowest BCUT2D eigenvalue weighted by Crippen LogP contribution is -2.38. The molecule has 1 amide bonds. The van der Waals surface area contributed by atoms with Crippen molar-refractivity contribution in [3.05, 3.63) is 75.8 Å². The van der Waals surface area contributed by atoms with E-state index >= 15 is 0 Å². The van der Waals surface area contributed by atoms with Crippen molar-refractivity contribution >= 4 is 11.6 Å². The van der Waals surface area contributed by atoms with Gasteiger partial charge in [0.05, 0.1) is 4.92 Å². The van der Waals surface area contributed by atoms with Crippen LogP contribution in [0.1, 0.15) is 28.8 Å². The number of likely N-dealkylation sites (tertiary alicyclic amines) is 1. The number of nitro groups is 1. The minimum atomic E-state index is -0.469. The van der Waals surface area contributed by atoms with Gasteiger partial charge in [-0.15, -0.1) is 0 Å². The van der Waals surface area contributed by atoms with Crippen LogP contribution in [0.4, 0.5) is 5.69 Å². The first-order chi connectivity index (χ1) is 11.6. The van der Waals surface area contributed by atoms with Gasteiger partial charge in [0.1, 0.15) is 0 Å². The number of rotatable bonds is 4. The fourth-order valence-electron chi connectivity index (χ4n) is 3.22. The number of carbonyl (C=O) groups excluding carboxylic acids is 1. The van der Waals surface area contributed by atoms with Gasteiger partial charge in [0.15, 0.2) is 0 Å². The zero-order valence-electron chi connectivity index (χ0n) is 13.4. The molecule has 0 atom stereocenters. The Morgan fingerprint density at radius 2 is 1.79 bits per heavy atom. The molecular formula is C19H20N2O3. The van der Waals surface area contributed by atoms with Crippen LogP contribution >= 0.6 is 0 Å². The molecule has 5 nitrogen and oxygen atoms in total. The van der Waals surface area contributed by atoms with Crippen molar-refractivity contribution in [3.8, 4) is 0 Å². The van der Waals surface area contributed by atoms with E-state index in [9.17, 15) is 14.9 Å². The molecule has 0 saturated carbocycles. The number of hydrogen-bond donors (Lipinski definition) is 0. The highest BCUT2D eigenvalue weighted by Gasteiger charge is 2.24. The molecule has 24 heavy (non-hydrogen) atoms. The van der Waals surface area contributed by atoms with E-state index in [4.69, 9.17) is 0 Å². The van der Waals surface area contributed by atoms with E-state index in [0.717, 1.165) is 19.3 Å². The van der Waals surface area contributed by atoms with Crippen molar-refractivity contribution in [2.75, 3.05) is 13.1 Å². The maximum Gasteiger partial charge on any atom is 0.270 e. The maximum absolute atomic E-state index is 12.5. The van der Waals surface area contributed by atoms with Crippen LogP contribution in [-0.4, -0.2) is 28.8 Å². The molecule has 0 spiro atoms. The van der Waals surface area contributed by atoms with Crippen molar-refractivity contribution in [1.29, 1.82) is 0 Å². The molecule has 3 rings (SSSR count). The Bertz CT molecular complexity index is 722. The summed E-state index contributed by atoms with van der Waals surface area (Å²) in [7, 11) is 0. The van der Waals surface area contributed by atoms with Gasteiger partial charge in [-0.2, -0.15) is 0 Å². The minimum absolute atomic E-state index is 0.0418. The summed E-state index contributed by atoms with van der Waals surface area (Å²) in [5.41, 5.74) is 1.69. The van der Waals surface area contributed by atoms with Gasteiger partial charge in [-0.05, 0) is 36.8 Å². The fourth-order valence-corrected chi connectivity index (χ4v) is 3.22. The number of benzene rings is 2. The quantitative estimate of drug-likeness (QED) is 0.636. The van der Waals surface area contributed by atoms with Gasteiger partial charge >= 0.3 is 0 Å². The molecule has 2 aromatic rings. The van der Waals surface area contributed by atoms with Crippen LogP contribution in [0, 0.1) is 16.0 Å². The van der Waals surface area contributed by atoms with E-state index in [1.54, 1.807) is 17.0 Å². The first-order valence-electron chi connectivity index (χ1n) is 8.21. The van der Waals surface area contributed by atoms with E-state index in [1.165, 1.54) is 17.7 Å². The molecule has 1 heterocycles. The Hall–Kier alpha value is -2.69. The molecule has 1 aliphatic heterocycles. The first kappa shape index (κ1) is 16.2. The van der Waals surface area contributed by atoms with Crippen molar-refractivity contribution in [2.45, 2.75) is 19.3 Å². The smallest absolute Gasteiger partial charge is 0.270 e. The van der Waals surface area contributed by atoms with Crippen molar-refractivity contribution in [1.82, 2.24) is 4.90 Å². The van der Waals surface area contributed by atoms with E-state index in [-0.39, 0.29) is 11.6 Å². The molecule has 0 unspecified atom stereocenters. The van der Waals surface area contributed by atoms with Crippen molar-refractivity contribution < 1.29 is 9.72 Å². The second-order valence-electron chi connectivity index (χ2n) is 6.23. The lowest BCUT2D eigenvalue weighted by molar-refractivity contribution is -0.384. The summed E-state index contributed by atoms with van der Waals surface area (Å²) < 4.78 is 0. The highest BCUT2D eigenvalue weighted by atomic mass is 16.6. The predicted molar refractivity (Wildman–Crippen MR) is 91.9 cm³/mol. The minimum Gasteiger partial charge on any atom is -0.339 e. The van der Waals surface area contributed by atoms with Gasteiger partial charge < -0.3 is 4.90 Å². The van der Waals surface area contributed by atoms with E-state index in [0.29, 0.717) is 24.6 Å². The molecule has 0 radical (unpaired) electrons. The molecule has 5 heteroatoms. The highest BCUT2D eigenvalue weighted by Crippen LogP contribution is 2.23. The third-order valence-electron chi connectivity index (χ3n) is 4.57. The van der Waals surface area contributed by atoms with Gasteiger partial charge in [0, 0.05) is 30.8 Å². The van der Waals surface area contributed by atoms with Crippen LogP contribution in [0.15, 0.2) is 54.6 Å². The third kappa shape index (κ3) is 3.79. The second kappa shape index (κ2) is 7.25. The van der Waals surface area contributed by atoms with Crippen LogP contribution in [0.2, 0.25) is 0 Å². The summed E-state index contributed by atoms with van der Waals surface area (Å²) in [6, 6.07) is 16.4. The number of non-ortho nitro benzene ring substituents is 1. The molecular weight excluding hydrogens is 304 g/mol. The van der Waals surface area contributed by atoms with Gasteiger partial charge in [0.25, 0.3) is 11.6 Å². The fraction of sp³-hybridized carbons (Fsp3) is 0.316. The van der Waals surface area contributed by atoms with Gasteiger partial charge in [0.2, 0.25) is 0 Å². The summed E-state index contributed by atoms with van der Waals surface area (Å²) in [5.74, 6) is 0.471. The summed E-state index contributed by atoms with van der Waals surface area (Å²) >= 11 is 0. The van der Waals surface area contributed by atoms with Crippen LogP contribution in [0.3, 0.4) is 0 Å². The lowest BCUT2D eigenvalue weighted by Gasteiger charge is -2.32. The average molecular weight is 324 g/mol. The Kier molecular flexibility index (Phi) is 4.89. The Labute approximate surface area is 141 Å². The van der Waals surface area contributed by atoms with E-state index in [2.05, 4.69) is 24.3 Å². The number of hydrogen-bond acceptors (Lipinski definition) is 3. The number of nitro benzene ring substituents is 1. The summed E-state index contributed by atoms with van der Waals surface area (Å²) in [4.78, 5) is 24.7. The largest absolute Gasteiger partial charge is 0.339 e. The normalized spacial score (nSPS) is 15.2. The molecule has 1 aliphatic rings. The average Bonchev–Trinajstić information content (AvgIpc) is 2.63. The number of carbonyl (C=O) groups is 1. The van der Waals surface area contributed by atoms with Crippen molar-refractivity contribution in [3.63, 3.8) is 0 Å². The summed E-state index contributed by atoms with van der Waals surface area (Å²) in [6.45, 7) is 1.41. The standard InChI is InChI=1S/C19H20N2O3/c22-19(17-7-4-8-18(14-17)21(23)24)20-11-9-16(10-12-20)13-15-5-2-1-3-6-15/h1-8,14,16H,9-13H2. The Morgan fingerprint density at radius 3 is 2.46 bits per heavy atom. The van der Waals surface area contributed by atoms with Crippen LogP contribution in [0.5, 0.6) is 0 Å². The van der Waals surface area contributed by atoms with Gasteiger partial charge in [-0.1, -0.05) is 36.4 Å². The van der Waals surface area contributed by atoms with Crippen LogP contribution < -0.4 is 0 Å². The van der Waals surface area contributed by atoms with Gasteiger partial charge in [-0.3, -0.25) is 14.9 Å². The number of nitrogens with zero attached hydrogens (tertiary/aromatic N) is 2. The van der Waals surface area contributed by atoms with E-state index in [1.807, 2.05) is 6.07 Å². The first-order valence-corrected chi connectivity index (χ1v) is 8.21.